The molecule has 1 aliphatic heterocycles. The molecular weight excluding hydrogens is 302 g/mol. The zero-order valence-electron chi connectivity index (χ0n) is 13.4. The van der Waals surface area contributed by atoms with Gasteiger partial charge in [0.25, 0.3) is 5.56 Å². The molecule has 0 unspecified atom stereocenters. The number of rotatable bonds is 2. The summed E-state index contributed by atoms with van der Waals surface area (Å²) >= 11 is 0. The summed E-state index contributed by atoms with van der Waals surface area (Å²) in [7, 11) is 0. The quantitative estimate of drug-likeness (QED) is 0.882. The summed E-state index contributed by atoms with van der Waals surface area (Å²) in [5.41, 5.74) is 8.37. The topological polar surface area (TPSA) is 110 Å². The van der Waals surface area contributed by atoms with Crippen LogP contribution in [0.15, 0.2) is 23.0 Å². The Balaban J connectivity index is 2.20. The Bertz CT molecular complexity index is 940. The summed E-state index contributed by atoms with van der Waals surface area (Å²) in [6, 6.07) is 9.62. The highest BCUT2D eigenvalue weighted by Gasteiger charge is 2.20. The van der Waals surface area contributed by atoms with Crippen molar-refractivity contribution >= 4 is 11.5 Å². The maximum Gasteiger partial charge on any atom is 0.268 e. The van der Waals surface area contributed by atoms with Crippen LogP contribution in [0, 0.1) is 29.6 Å². The van der Waals surface area contributed by atoms with Crippen molar-refractivity contribution in [2.24, 2.45) is 0 Å². The van der Waals surface area contributed by atoms with E-state index in [-0.39, 0.29) is 16.9 Å². The lowest BCUT2D eigenvalue weighted by Crippen LogP contribution is -2.19. The van der Waals surface area contributed by atoms with Gasteiger partial charge >= 0.3 is 0 Å². The number of hydrogen-bond donors (Lipinski definition) is 2. The second-order valence-corrected chi connectivity index (χ2v) is 5.91. The SMILES string of the molecule is Cc1cc(-c2c(C#N)c(N)[nH]c(=O)c2C#N)ccc1N1CCCC1. The van der Waals surface area contributed by atoms with E-state index < -0.39 is 5.56 Å². The number of aryl methyl sites for hydroxylation is 1. The minimum atomic E-state index is -0.578. The number of anilines is 2. The number of aromatic amines is 1. The molecule has 0 atom stereocenters. The van der Waals surface area contributed by atoms with Crippen LogP contribution in [0.1, 0.15) is 29.5 Å². The van der Waals surface area contributed by atoms with Crippen LogP contribution in [0.4, 0.5) is 11.5 Å². The molecule has 6 nitrogen and oxygen atoms in total. The van der Waals surface area contributed by atoms with Crippen LogP contribution in [-0.2, 0) is 0 Å². The molecule has 0 amide bonds. The summed E-state index contributed by atoms with van der Waals surface area (Å²) in [6.07, 6.45) is 2.37. The molecule has 0 bridgehead atoms. The molecule has 1 aliphatic rings. The van der Waals surface area contributed by atoms with Crippen LogP contribution in [0.5, 0.6) is 0 Å². The van der Waals surface area contributed by atoms with Gasteiger partial charge in [0.05, 0.1) is 0 Å². The van der Waals surface area contributed by atoms with Crippen molar-refractivity contribution in [2.75, 3.05) is 23.7 Å². The molecule has 0 aliphatic carbocycles. The van der Waals surface area contributed by atoms with Crippen LogP contribution in [0.25, 0.3) is 11.1 Å². The zero-order chi connectivity index (χ0) is 17.3. The average molecular weight is 319 g/mol. The Morgan fingerprint density at radius 3 is 2.42 bits per heavy atom. The van der Waals surface area contributed by atoms with E-state index in [1.54, 1.807) is 0 Å². The van der Waals surface area contributed by atoms with E-state index >= 15 is 0 Å². The molecule has 1 aromatic carbocycles. The molecule has 2 heterocycles. The van der Waals surface area contributed by atoms with Gasteiger partial charge in [0.15, 0.2) is 0 Å². The molecule has 0 spiro atoms. The smallest absolute Gasteiger partial charge is 0.268 e. The highest BCUT2D eigenvalue weighted by molar-refractivity contribution is 5.81. The second-order valence-electron chi connectivity index (χ2n) is 5.91. The normalized spacial score (nSPS) is 13.5. The first-order chi connectivity index (χ1) is 11.6. The molecule has 1 saturated heterocycles. The number of nitrogens with one attached hydrogen (secondary N) is 1. The first-order valence-corrected chi connectivity index (χ1v) is 7.78. The largest absolute Gasteiger partial charge is 0.384 e. The summed E-state index contributed by atoms with van der Waals surface area (Å²) in [6.45, 7) is 4.06. The molecule has 120 valence electrons. The van der Waals surface area contributed by atoms with Crippen molar-refractivity contribution in [2.45, 2.75) is 19.8 Å². The minimum Gasteiger partial charge on any atom is -0.384 e. The maximum absolute atomic E-state index is 12.0. The first-order valence-electron chi connectivity index (χ1n) is 7.78. The van der Waals surface area contributed by atoms with E-state index in [2.05, 4.69) is 9.88 Å². The fraction of sp³-hybridized carbons (Fsp3) is 0.278. The predicted octanol–water partition coefficient (Wildman–Crippen LogP) is 2.28. The van der Waals surface area contributed by atoms with Gasteiger partial charge in [-0.15, -0.1) is 0 Å². The zero-order valence-corrected chi connectivity index (χ0v) is 13.4. The number of benzene rings is 1. The molecule has 3 N–H and O–H groups in total. The number of aromatic nitrogens is 1. The van der Waals surface area contributed by atoms with Crippen molar-refractivity contribution < 1.29 is 0 Å². The number of nitrogens with two attached hydrogens (primary N) is 1. The Morgan fingerprint density at radius 2 is 1.83 bits per heavy atom. The fourth-order valence-electron chi connectivity index (χ4n) is 3.26. The number of pyridine rings is 1. The van der Waals surface area contributed by atoms with Crippen LogP contribution < -0.4 is 16.2 Å². The summed E-state index contributed by atoms with van der Waals surface area (Å²) in [5, 5.41) is 18.7. The third-order valence-electron chi connectivity index (χ3n) is 4.40. The summed E-state index contributed by atoms with van der Waals surface area (Å²) in [5.74, 6) is -0.0160. The Kier molecular flexibility index (Phi) is 3.97. The van der Waals surface area contributed by atoms with Gasteiger partial charge in [-0.05, 0) is 43.0 Å². The Labute approximate surface area is 139 Å². The van der Waals surface area contributed by atoms with Gasteiger partial charge in [0, 0.05) is 24.3 Å². The standard InChI is InChI=1S/C18H17N5O/c1-11-8-12(4-5-15(11)23-6-2-3-7-23)16-13(9-19)17(21)22-18(24)14(16)10-20/h4-5,8H,2-3,6-7H2,1H3,(H3,21,22,24). The number of nitriles is 2. The van der Waals surface area contributed by atoms with Gasteiger partial charge in [-0.1, -0.05) is 6.07 Å². The third kappa shape index (κ3) is 2.49. The van der Waals surface area contributed by atoms with E-state index in [9.17, 15) is 15.3 Å². The molecule has 0 saturated carbocycles. The van der Waals surface area contributed by atoms with Crippen LogP contribution in [-0.4, -0.2) is 18.1 Å². The number of nitrogen functional groups attached to an aromatic ring is 1. The van der Waals surface area contributed by atoms with Crippen molar-refractivity contribution in [3.8, 4) is 23.3 Å². The van der Waals surface area contributed by atoms with E-state index in [1.807, 2.05) is 37.3 Å². The molecular formula is C18H17N5O. The minimum absolute atomic E-state index is 0.0160. The van der Waals surface area contributed by atoms with Crippen molar-refractivity contribution in [3.05, 3.63) is 45.2 Å². The van der Waals surface area contributed by atoms with Gasteiger partial charge < -0.3 is 15.6 Å². The van der Waals surface area contributed by atoms with Gasteiger partial charge in [-0.25, -0.2) is 0 Å². The number of H-pyrrole nitrogens is 1. The molecule has 24 heavy (non-hydrogen) atoms. The summed E-state index contributed by atoms with van der Waals surface area (Å²) < 4.78 is 0. The average Bonchev–Trinajstić information content (AvgIpc) is 3.08. The van der Waals surface area contributed by atoms with Crippen LogP contribution in [0.3, 0.4) is 0 Å². The van der Waals surface area contributed by atoms with E-state index in [0.717, 1.165) is 24.3 Å². The molecule has 6 heteroatoms. The van der Waals surface area contributed by atoms with Crippen LogP contribution >= 0.6 is 0 Å². The third-order valence-corrected chi connectivity index (χ3v) is 4.40. The molecule has 1 fully saturated rings. The van der Waals surface area contributed by atoms with Gasteiger partial charge in [0.1, 0.15) is 29.1 Å². The van der Waals surface area contributed by atoms with Crippen LogP contribution in [0.2, 0.25) is 0 Å². The molecule has 1 aromatic heterocycles. The van der Waals surface area contributed by atoms with E-state index in [1.165, 1.54) is 12.8 Å². The highest BCUT2D eigenvalue weighted by Crippen LogP contribution is 2.32. The number of nitrogens with zero attached hydrogens (tertiary/aromatic N) is 3. The first kappa shape index (κ1) is 15.6. The Morgan fingerprint density at radius 1 is 1.17 bits per heavy atom. The van der Waals surface area contributed by atoms with Crippen molar-refractivity contribution in [1.82, 2.24) is 4.98 Å². The lowest BCUT2D eigenvalue weighted by atomic mass is 9.95. The molecule has 2 aromatic rings. The number of hydrogen-bond acceptors (Lipinski definition) is 5. The summed E-state index contributed by atoms with van der Waals surface area (Å²) in [4.78, 5) is 16.7. The van der Waals surface area contributed by atoms with Crippen molar-refractivity contribution in [3.63, 3.8) is 0 Å². The van der Waals surface area contributed by atoms with Crippen molar-refractivity contribution in [1.29, 1.82) is 10.5 Å². The second kappa shape index (κ2) is 6.10. The van der Waals surface area contributed by atoms with Gasteiger partial charge in [-0.3, -0.25) is 4.79 Å². The monoisotopic (exact) mass is 319 g/mol. The van der Waals surface area contributed by atoms with E-state index in [4.69, 9.17) is 5.73 Å². The molecule has 3 rings (SSSR count). The molecule has 0 radical (unpaired) electrons. The van der Waals surface area contributed by atoms with Gasteiger partial charge in [0.2, 0.25) is 0 Å². The van der Waals surface area contributed by atoms with Gasteiger partial charge in [-0.2, -0.15) is 10.5 Å². The fourth-order valence-corrected chi connectivity index (χ4v) is 3.26. The Hall–Kier alpha value is -3.25. The lowest BCUT2D eigenvalue weighted by molar-refractivity contribution is 0.949. The maximum atomic E-state index is 12.0. The lowest BCUT2D eigenvalue weighted by Gasteiger charge is -2.21. The van der Waals surface area contributed by atoms with E-state index in [0.29, 0.717) is 11.1 Å². The highest BCUT2D eigenvalue weighted by atomic mass is 16.1. The predicted molar refractivity (Wildman–Crippen MR) is 92.5 cm³/mol.